The Hall–Kier alpha value is -2.69. The van der Waals surface area contributed by atoms with E-state index < -0.39 is 5.91 Å². The highest BCUT2D eigenvalue weighted by atomic mass is 16.2. The predicted octanol–water partition coefficient (Wildman–Crippen LogP) is 2.57. The molecule has 1 fully saturated rings. The molecule has 2 aromatic rings. The van der Waals surface area contributed by atoms with Crippen LogP contribution in [0.2, 0.25) is 0 Å². The van der Waals surface area contributed by atoms with Gasteiger partial charge in [0.2, 0.25) is 5.91 Å². The first-order valence-electron chi connectivity index (χ1n) is 8.11. The van der Waals surface area contributed by atoms with Gasteiger partial charge >= 0.3 is 0 Å². The lowest BCUT2D eigenvalue weighted by molar-refractivity contribution is 0.0779. The minimum atomic E-state index is -0.554. The molecule has 1 aliphatic carbocycles. The van der Waals surface area contributed by atoms with Crippen LogP contribution in [0.25, 0.3) is 0 Å². The van der Waals surface area contributed by atoms with Gasteiger partial charge in [-0.05, 0) is 30.5 Å². The summed E-state index contributed by atoms with van der Waals surface area (Å²) in [6.07, 6.45) is 2.04. The van der Waals surface area contributed by atoms with Gasteiger partial charge in [0, 0.05) is 30.3 Å². The molecular weight excluding hydrogens is 302 g/mol. The van der Waals surface area contributed by atoms with Gasteiger partial charge in [0.25, 0.3) is 5.91 Å². The fourth-order valence-corrected chi connectivity index (χ4v) is 2.75. The number of aromatic nitrogens is 1. The van der Waals surface area contributed by atoms with Crippen LogP contribution in [-0.2, 0) is 0 Å². The molecule has 0 spiro atoms. The second-order valence-corrected chi connectivity index (χ2v) is 6.31. The van der Waals surface area contributed by atoms with Gasteiger partial charge in [-0.15, -0.1) is 0 Å². The van der Waals surface area contributed by atoms with E-state index in [4.69, 9.17) is 5.73 Å². The van der Waals surface area contributed by atoms with Crippen LogP contribution in [0.3, 0.4) is 0 Å². The summed E-state index contributed by atoms with van der Waals surface area (Å²) in [5, 5.41) is 0. The van der Waals surface area contributed by atoms with Gasteiger partial charge in [0.1, 0.15) is 5.69 Å². The molecule has 0 aliphatic heterocycles. The lowest BCUT2D eigenvalue weighted by Gasteiger charge is -2.18. The quantitative estimate of drug-likeness (QED) is 0.918. The van der Waals surface area contributed by atoms with Crippen LogP contribution in [0.4, 0.5) is 0 Å². The zero-order valence-electron chi connectivity index (χ0n) is 13.9. The molecule has 124 valence electrons. The lowest BCUT2D eigenvalue weighted by Crippen LogP contribution is -2.30. The van der Waals surface area contributed by atoms with Gasteiger partial charge < -0.3 is 10.6 Å². The Morgan fingerprint density at radius 3 is 2.46 bits per heavy atom. The summed E-state index contributed by atoms with van der Waals surface area (Å²) in [5.41, 5.74) is 7.78. The monoisotopic (exact) mass is 323 g/mol. The lowest BCUT2D eigenvalue weighted by atomic mass is 9.96. The Morgan fingerprint density at radius 1 is 1.21 bits per heavy atom. The number of nitrogens with zero attached hydrogens (tertiary/aromatic N) is 2. The maximum Gasteiger partial charge on any atom is 0.272 e. The van der Waals surface area contributed by atoms with Crippen LogP contribution in [0.1, 0.15) is 57.8 Å². The van der Waals surface area contributed by atoms with E-state index in [-0.39, 0.29) is 23.6 Å². The van der Waals surface area contributed by atoms with E-state index in [1.165, 1.54) is 6.07 Å². The summed E-state index contributed by atoms with van der Waals surface area (Å²) in [5.74, 6) is -0.757. The number of amides is 2. The zero-order chi connectivity index (χ0) is 17.3. The summed E-state index contributed by atoms with van der Waals surface area (Å²) in [4.78, 5) is 30.5. The Balaban J connectivity index is 1.99. The van der Waals surface area contributed by atoms with Gasteiger partial charge in [-0.25, -0.2) is 4.98 Å². The Labute approximate surface area is 141 Å². The first kappa shape index (κ1) is 16.2. The molecule has 0 bridgehead atoms. The molecule has 24 heavy (non-hydrogen) atoms. The van der Waals surface area contributed by atoms with Crippen molar-refractivity contribution in [3.05, 3.63) is 65.0 Å². The first-order valence-corrected chi connectivity index (χ1v) is 8.11. The fraction of sp³-hybridized carbons (Fsp3) is 0.316. The summed E-state index contributed by atoms with van der Waals surface area (Å²) >= 11 is 0. The van der Waals surface area contributed by atoms with Crippen LogP contribution < -0.4 is 5.73 Å². The molecule has 1 heterocycles. The number of benzene rings is 1. The van der Waals surface area contributed by atoms with Crippen molar-refractivity contribution in [3.8, 4) is 0 Å². The second kappa shape index (κ2) is 6.43. The van der Waals surface area contributed by atoms with Crippen molar-refractivity contribution in [2.45, 2.75) is 31.7 Å². The van der Waals surface area contributed by atoms with E-state index in [1.807, 2.05) is 37.3 Å². The van der Waals surface area contributed by atoms with E-state index in [1.54, 1.807) is 18.0 Å². The highest BCUT2D eigenvalue weighted by molar-refractivity contribution is 5.98. The van der Waals surface area contributed by atoms with Gasteiger partial charge in [0.05, 0.1) is 0 Å². The maximum absolute atomic E-state index is 12.6. The second-order valence-electron chi connectivity index (χ2n) is 6.31. The molecule has 2 N–H and O–H groups in total. The summed E-state index contributed by atoms with van der Waals surface area (Å²) in [7, 11) is 1.78. The van der Waals surface area contributed by atoms with Crippen LogP contribution in [0.15, 0.2) is 42.5 Å². The number of hydrogen-bond donors (Lipinski definition) is 1. The summed E-state index contributed by atoms with van der Waals surface area (Å²) in [6.45, 7) is 2.00. The van der Waals surface area contributed by atoms with Crippen molar-refractivity contribution in [2.75, 3.05) is 7.05 Å². The minimum absolute atomic E-state index is 0.0386. The fourth-order valence-electron chi connectivity index (χ4n) is 2.75. The highest BCUT2D eigenvalue weighted by Crippen LogP contribution is 2.28. The van der Waals surface area contributed by atoms with Crippen LogP contribution in [0.5, 0.6) is 0 Å². The van der Waals surface area contributed by atoms with Gasteiger partial charge in [0.15, 0.2) is 0 Å². The van der Waals surface area contributed by atoms with Crippen molar-refractivity contribution in [2.24, 2.45) is 5.73 Å². The molecule has 1 aromatic carbocycles. The normalized spacial score (nSPS) is 14.9. The molecular formula is C19H21N3O2. The molecule has 1 aromatic heterocycles. The third kappa shape index (κ3) is 3.30. The smallest absolute Gasteiger partial charge is 0.272 e. The number of hydrogen-bond acceptors (Lipinski definition) is 3. The maximum atomic E-state index is 12.6. The minimum Gasteiger partial charge on any atom is -0.366 e. The molecule has 1 atom stereocenters. The Morgan fingerprint density at radius 2 is 1.88 bits per heavy atom. The van der Waals surface area contributed by atoms with Crippen molar-refractivity contribution in [1.29, 1.82) is 0 Å². The Bertz CT molecular complexity index is 769. The van der Waals surface area contributed by atoms with E-state index in [2.05, 4.69) is 4.98 Å². The largest absolute Gasteiger partial charge is 0.366 e. The van der Waals surface area contributed by atoms with Crippen LogP contribution in [0, 0.1) is 0 Å². The number of pyridine rings is 1. The van der Waals surface area contributed by atoms with E-state index in [9.17, 15) is 9.59 Å². The van der Waals surface area contributed by atoms with Crippen molar-refractivity contribution in [1.82, 2.24) is 9.88 Å². The molecule has 2 amide bonds. The van der Waals surface area contributed by atoms with E-state index in [0.29, 0.717) is 11.3 Å². The van der Waals surface area contributed by atoms with Crippen molar-refractivity contribution < 1.29 is 9.59 Å². The molecule has 3 rings (SSSR count). The first-order chi connectivity index (χ1) is 11.5. The van der Waals surface area contributed by atoms with Gasteiger partial charge in [-0.1, -0.05) is 37.3 Å². The summed E-state index contributed by atoms with van der Waals surface area (Å²) < 4.78 is 0. The predicted molar refractivity (Wildman–Crippen MR) is 91.8 cm³/mol. The average molecular weight is 323 g/mol. The zero-order valence-corrected chi connectivity index (χ0v) is 13.9. The molecule has 1 aliphatic rings. The molecule has 5 nitrogen and oxygen atoms in total. The number of primary amides is 1. The topological polar surface area (TPSA) is 76.3 Å². The highest BCUT2D eigenvalue weighted by Gasteiger charge is 2.31. The third-order valence-electron chi connectivity index (χ3n) is 4.51. The Kier molecular flexibility index (Phi) is 4.34. The number of carbonyl (C=O) groups is 2. The van der Waals surface area contributed by atoms with Crippen LogP contribution in [-0.4, -0.2) is 34.8 Å². The summed E-state index contributed by atoms with van der Waals surface area (Å²) in [6, 6.07) is 13.3. The molecule has 0 radical (unpaired) electrons. The van der Waals surface area contributed by atoms with Gasteiger partial charge in [-0.3, -0.25) is 9.59 Å². The van der Waals surface area contributed by atoms with E-state index in [0.717, 1.165) is 18.4 Å². The molecule has 0 saturated heterocycles. The molecule has 1 saturated carbocycles. The van der Waals surface area contributed by atoms with Crippen molar-refractivity contribution >= 4 is 11.8 Å². The standard InChI is InChI=1S/C19H21N3O2/c1-12(13-6-4-3-5-7-13)16-10-14(18(20)23)11-17(21-16)19(24)22(2)15-8-9-15/h3-7,10-12,15H,8-9H2,1-2H3,(H2,20,23)/t12-/m1/s1. The number of carbonyl (C=O) groups excluding carboxylic acids is 2. The SMILES string of the molecule is C[C@H](c1ccccc1)c1cc(C(N)=O)cc(C(=O)N(C)C2CC2)n1. The number of rotatable bonds is 5. The van der Waals surface area contributed by atoms with Gasteiger partial charge in [-0.2, -0.15) is 0 Å². The average Bonchev–Trinajstić information content (AvgIpc) is 3.45. The third-order valence-corrected chi connectivity index (χ3v) is 4.51. The van der Waals surface area contributed by atoms with E-state index >= 15 is 0 Å². The molecule has 5 heteroatoms. The van der Waals surface area contributed by atoms with Crippen LogP contribution >= 0.6 is 0 Å². The van der Waals surface area contributed by atoms with Crippen molar-refractivity contribution in [3.63, 3.8) is 0 Å². The molecule has 0 unspecified atom stereocenters. The number of nitrogens with two attached hydrogens (primary N) is 1.